The summed E-state index contributed by atoms with van der Waals surface area (Å²) in [6.07, 6.45) is 3.16. The van der Waals surface area contributed by atoms with Crippen molar-refractivity contribution in [1.29, 1.82) is 0 Å². The quantitative estimate of drug-likeness (QED) is 0.866. The van der Waals surface area contributed by atoms with Crippen molar-refractivity contribution in [2.75, 3.05) is 5.32 Å². The van der Waals surface area contributed by atoms with Gasteiger partial charge in [0.2, 0.25) is 5.91 Å². The molecule has 0 aliphatic rings. The molecule has 0 spiro atoms. The summed E-state index contributed by atoms with van der Waals surface area (Å²) in [5.41, 5.74) is 1.73. The van der Waals surface area contributed by atoms with E-state index in [4.69, 9.17) is 11.6 Å². The summed E-state index contributed by atoms with van der Waals surface area (Å²) in [5.74, 6) is 0.318. The molecule has 0 aliphatic heterocycles. The molecule has 1 amide bonds. The molecule has 0 bridgehead atoms. The minimum atomic E-state index is -0.224. The number of hydrogen-bond acceptors (Lipinski definition) is 2. The second-order valence-electron chi connectivity index (χ2n) is 4.04. The monoisotopic (exact) mass is 272 g/mol. The van der Waals surface area contributed by atoms with Crippen LogP contribution in [0.2, 0.25) is 5.02 Å². The lowest BCUT2D eigenvalue weighted by Gasteiger charge is -2.01. The molecule has 0 saturated heterocycles. The third-order valence-electron chi connectivity index (χ3n) is 2.42. The topological polar surface area (TPSA) is 42.0 Å². The van der Waals surface area contributed by atoms with Crippen molar-refractivity contribution in [3.05, 3.63) is 64.8 Å². The normalized spacial score (nSPS) is 10.6. The number of nitrogens with one attached hydrogen (secondary N) is 1. The smallest absolute Gasteiger partial charge is 0.249 e. The number of aryl methyl sites for hydroxylation is 1. The van der Waals surface area contributed by atoms with E-state index in [1.54, 1.807) is 24.3 Å². The summed E-state index contributed by atoms with van der Waals surface area (Å²) in [6.45, 7) is 1.87. The Morgan fingerprint density at radius 1 is 1.26 bits per heavy atom. The molecule has 96 valence electrons. The van der Waals surface area contributed by atoms with E-state index >= 15 is 0 Å². The summed E-state index contributed by atoms with van der Waals surface area (Å²) in [4.78, 5) is 15.9. The van der Waals surface area contributed by atoms with E-state index in [1.165, 1.54) is 6.08 Å². The lowest BCUT2D eigenvalue weighted by Crippen LogP contribution is -2.09. The number of benzene rings is 1. The van der Waals surface area contributed by atoms with Gasteiger partial charge in [-0.15, -0.1) is 0 Å². The van der Waals surface area contributed by atoms with Crippen molar-refractivity contribution in [2.24, 2.45) is 0 Å². The summed E-state index contributed by atoms with van der Waals surface area (Å²) in [5, 5.41) is 3.34. The van der Waals surface area contributed by atoms with Gasteiger partial charge in [-0.2, -0.15) is 0 Å². The van der Waals surface area contributed by atoms with E-state index in [0.29, 0.717) is 10.8 Å². The maximum absolute atomic E-state index is 11.7. The highest BCUT2D eigenvalue weighted by molar-refractivity contribution is 6.30. The molecule has 1 aromatic heterocycles. The second kappa shape index (κ2) is 6.16. The highest BCUT2D eigenvalue weighted by atomic mass is 35.5. The molecule has 1 heterocycles. The highest BCUT2D eigenvalue weighted by Crippen LogP contribution is 2.12. The number of pyridine rings is 1. The van der Waals surface area contributed by atoms with E-state index in [-0.39, 0.29) is 5.91 Å². The SMILES string of the molecule is Cc1cccc(NC(=O)C=Cc2cccc(Cl)c2)n1. The van der Waals surface area contributed by atoms with Crippen molar-refractivity contribution in [1.82, 2.24) is 4.98 Å². The highest BCUT2D eigenvalue weighted by Gasteiger charge is 1.99. The molecule has 0 atom stereocenters. The zero-order chi connectivity index (χ0) is 13.7. The molecule has 0 fully saturated rings. The maximum Gasteiger partial charge on any atom is 0.249 e. The van der Waals surface area contributed by atoms with Gasteiger partial charge in [0, 0.05) is 16.8 Å². The molecule has 4 heteroatoms. The van der Waals surface area contributed by atoms with Crippen LogP contribution >= 0.6 is 11.6 Å². The van der Waals surface area contributed by atoms with Gasteiger partial charge in [-0.05, 0) is 42.8 Å². The average Bonchev–Trinajstić information content (AvgIpc) is 2.36. The molecule has 2 aromatic rings. The predicted octanol–water partition coefficient (Wildman–Crippen LogP) is 3.70. The Bertz CT molecular complexity index is 623. The van der Waals surface area contributed by atoms with Gasteiger partial charge in [-0.1, -0.05) is 29.8 Å². The van der Waals surface area contributed by atoms with Crippen LogP contribution in [0.1, 0.15) is 11.3 Å². The Morgan fingerprint density at radius 2 is 2.05 bits per heavy atom. The van der Waals surface area contributed by atoms with Gasteiger partial charge in [0.15, 0.2) is 0 Å². The van der Waals surface area contributed by atoms with Gasteiger partial charge in [0.25, 0.3) is 0 Å². The standard InChI is InChI=1S/C15H13ClN2O/c1-11-4-2-7-14(17-11)18-15(19)9-8-12-5-3-6-13(16)10-12/h2-10H,1H3,(H,17,18,19). The van der Waals surface area contributed by atoms with E-state index in [2.05, 4.69) is 10.3 Å². The molecule has 1 aromatic carbocycles. The fourth-order valence-electron chi connectivity index (χ4n) is 1.56. The number of halogens is 1. The maximum atomic E-state index is 11.7. The first kappa shape index (κ1) is 13.3. The lowest BCUT2D eigenvalue weighted by atomic mass is 10.2. The molecule has 0 unspecified atom stereocenters. The van der Waals surface area contributed by atoms with Crippen LogP contribution < -0.4 is 5.32 Å². The molecule has 2 rings (SSSR count). The fourth-order valence-corrected chi connectivity index (χ4v) is 1.76. The molecule has 3 nitrogen and oxygen atoms in total. The summed E-state index contributed by atoms with van der Waals surface area (Å²) >= 11 is 5.86. The van der Waals surface area contributed by atoms with Crippen LogP contribution in [0.3, 0.4) is 0 Å². The van der Waals surface area contributed by atoms with Crippen LogP contribution in [0.15, 0.2) is 48.5 Å². The first-order valence-electron chi connectivity index (χ1n) is 5.82. The number of aromatic nitrogens is 1. The largest absolute Gasteiger partial charge is 0.307 e. The summed E-state index contributed by atoms with van der Waals surface area (Å²) < 4.78 is 0. The first-order chi connectivity index (χ1) is 9.13. The van der Waals surface area contributed by atoms with Crippen molar-refractivity contribution in [3.63, 3.8) is 0 Å². The van der Waals surface area contributed by atoms with Gasteiger partial charge in [-0.25, -0.2) is 4.98 Å². The van der Waals surface area contributed by atoms with Crippen LogP contribution in [0, 0.1) is 6.92 Å². The van der Waals surface area contributed by atoms with Crippen molar-refractivity contribution < 1.29 is 4.79 Å². The number of carbonyl (C=O) groups excluding carboxylic acids is 1. The molecule has 19 heavy (non-hydrogen) atoms. The van der Waals surface area contributed by atoms with Crippen LogP contribution in [-0.2, 0) is 4.79 Å². The number of amides is 1. The van der Waals surface area contributed by atoms with Gasteiger partial charge >= 0.3 is 0 Å². The number of anilines is 1. The molecular formula is C15H13ClN2O. The fraction of sp³-hybridized carbons (Fsp3) is 0.0667. The second-order valence-corrected chi connectivity index (χ2v) is 4.48. The summed E-state index contributed by atoms with van der Waals surface area (Å²) in [7, 11) is 0. The van der Waals surface area contributed by atoms with Crippen LogP contribution in [0.5, 0.6) is 0 Å². The predicted molar refractivity (Wildman–Crippen MR) is 78.1 cm³/mol. The van der Waals surface area contributed by atoms with Gasteiger partial charge in [-0.3, -0.25) is 4.79 Å². The Balaban J connectivity index is 2.01. The average molecular weight is 273 g/mol. The van der Waals surface area contributed by atoms with Crippen molar-refractivity contribution >= 4 is 29.4 Å². The van der Waals surface area contributed by atoms with Crippen LogP contribution in [-0.4, -0.2) is 10.9 Å². The van der Waals surface area contributed by atoms with E-state index < -0.39 is 0 Å². The Morgan fingerprint density at radius 3 is 2.79 bits per heavy atom. The lowest BCUT2D eigenvalue weighted by molar-refractivity contribution is -0.111. The molecule has 1 N–H and O–H groups in total. The Hall–Kier alpha value is -2.13. The van der Waals surface area contributed by atoms with Gasteiger partial charge in [0.1, 0.15) is 5.82 Å². The van der Waals surface area contributed by atoms with Gasteiger partial charge in [0.05, 0.1) is 0 Å². The van der Waals surface area contributed by atoms with Gasteiger partial charge < -0.3 is 5.32 Å². The Labute approximate surface area is 116 Å². The van der Waals surface area contributed by atoms with Crippen LogP contribution in [0.25, 0.3) is 6.08 Å². The molecule has 0 saturated carbocycles. The van der Waals surface area contributed by atoms with E-state index in [1.807, 2.05) is 31.2 Å². The summed E-state index contributed by atoms with van der Waals surface area (Å²) in [6, 6.07) is 12.8. The van der Waals surface area contributed by atoms with Crippen LogP contribution in [0.4, 0.5) is 5.82 Å². The third kappa shape index (κ3) is 4.23. The van der Waals surface area contributed by atoms with Crippen molar-refractivity contribution in [3.8, 4) is 0 Å². The Kier molecular flexibility index (Phi) is 4.31. The zero-order valence-electron chi connectivity index (χ0n) is 10.4. The minimum absolute atomic E-state index is 0.224. The third-order valence-corrected chi connectivity index (χ3v) is 2.65. The number of carbonyl (C=O) groups is 1. The number of nitrogens with zero attached hydrogens (tertiary/aromatic N) is 1. The number of rotatable bonds is 3. The molecular weight excluding hydrogens is 260 g/mol. The molecule has 0 aliphatic carbocycles. The van der Waals surface area contributed by atoms with E-state index in [9.17, 15) is 4.79 Å². The van der Waals surface area contributed by atoms with Crippen molar-refractivity contribution in [2.45, 2.75) is 6.92 Å². The zero-order valence-corrected chi connectivity index (χ0v) is 11.2. The molecule has 0 radical (unpaired) electrons. The first-order valence-corrected chi connectivity index (χ1v) is 6.19. The van der Waals surface area contributed by atoms with E-state index in [0.717, 1.165) is 11.3 Å². The minimum Gasteiger partial charge on any atom is -0.307 e. The number of hydrogen-bond donors (Lipinski definition) is 1.